The van der Waals surface area contributed by atoms with E-state index in [1.54, 1.807) is 5.57 Å². The molecule has 0 aromatic carbocycles. The van der Waals surface area contributed by atoms with E-state index in [9.17, 15) is 10.2 Å². The number of aliphatic hydroxyl groups excluding tert-OH is 2. The van der Waals surface area contributed by atoms with Crippen molar-refractivity contribution in [3.63, 3.8) is 0 Å². The van der Waals surface area contributed by atoms with Crippen LogP contribution in [0.1, 0.15) is 72.1 Å². The van der Waals surface area contributed by atoms with E-state index in [1.165, 1.54) is 38.5 Å². The van der Waals surface area contributed by atoms with Crippen LogP contribution in [0.15, 0.2) is 11.6 Å². The fraction of sp³-hybridized carbons (Fsp3) is 0.905. The van der Waals surface area contributed by atoms with E-state index in [1.807, 2.05) is 0 Å². The molecular weight excluding hydrogens is 284 g/mol. The van der Waals surface area contributed by atoms with E-state index in [4.69, 9.17) is 0 Å². The molecule has 130 valence electrons. The number of rotatable bonds is 1. The minimum atomic E-state index is -0.212. The van der Waals surface area contributed by atoms with Crippen LogP contribution in [0.2, 0.25) is 0 Å². The Bertz CT molecular complexity index is 510. The summed E-state index contributed by atoms with van der Waals surface area (Å²) in [5.74, 6) is 2.95. The van der Waals surface area contributed by atoms with Gasteiger partial charge in [-0.1, -0.05) is 32.4 Å². The SMILES string of the molecule is CC(C)[C@]12CCC(O)C=C1CC[C@@H]1[C@@H]2CC[C@]2(C)C(O)CC[C@@H]12. The van der Waals surface area contributed by atoms with Crippen LogP contribution >= 0.6 is 0 Å². The first-order valence-corrected chi connectivity index (χ1v) is 9.97. The molecule has 0 aliphatic heterocycles. The van der Waals surface area contributed by atoms with E-state index >= 15 is 0 Å². The van der Waals surface area contributed by atoms with Gasteiger partial charge < -0.3 is 10.2 Å². The van der Waals surface area contributed by atoms with Gasteiger partial charge in [0.25, 0.3) is 0 Å². The number of hydrogen-bond donors (Lipinski definition) is 2. The van der Waals surface area contributed by atoms with Gasteiger partial charge >= 0.3 is 0 Å². The normalized spacial score (nSPS) is 52.6. The van der Waals surface area contributed by atoms with Crippen molar-refractivity contribution in [2.45, 2.75) is 84.3 Å². The molecule has 23 heavy (non-hydrogen) atoms. The fourth-order valence-electron chi connectivity index (χ4n) is 7.47. The average Bonchev–Trinajstić information content (AvgIpc) is 2.82. The Hall–Kier alpha value is -0.340. The van der Waals surface area contributed by atoms with Gasteiger partial charge in [0.1, 0.15) is 0 Å². The molecule has 0 heterocycles. The standard InChI is InChI=1S/C21H34O2/c1-13(2)21-11-8-15(22)12-14(21)4-5-16-17-6-7-19(23)20(17,3)10-9-18(16)21/h12-13,15-19,22-23H,4-11H2,1-3H3/t15?,16-,17-,18-,19?,20-,21+/m0/s1. The van der Waals surface area contributed by atoms with Crippen LogP contribution in [0, 0.1) is 34.5 Å². The largest absolute Gasteiger partial charge is 0.393 e. The Morgan fingerprint density at radius 3 is 2.52 bits per heavy atom. The van der Waals surface area contributed by atoms with Crippen LogP contribution < -0.4 is 0 Å². The Labute approximate surface area is 141 Å². The third-order valence-electron chi connectivity index (χ3n) is 8.67. The van der Waals surface area contributed by atoms with Crippen molar-refractivity contribution in [3.05, 3.63) is 11.6 Å². The number of allylic oxidation sites excluding steroid dienone is 1. The third kappa shape index (κ3) is 2.07. The van der Waals surface area contributed by atoms with Gasteiger partial charge in [-0.3, -0.25) is 0 Å². The zero-order valence-electron chi connectivity index (χ0n) is 15.1. The summed E-state index contributed by atoms with van der Waals surface area (Å²) in [5, 5.41) is 20.7. The first-order valence-electron chi connectivity index (χ1n) is 9.97. The molecule has 0 amide bonds. The predicted molar refractivity (Wildman–Crippen MR) is 92.9 cm³/mol. The summed E-state index contributed by atoms with van der Waals surface area (Å²) in [7, 11) is 0. The van der Waals surface area contributed by atoms with Crippen LogP contribution in [0.3, 0.4) is 0 Å². The first kappa shape index (κ1) is 16.1. The quantitative estimate of drug-likeness (QED) is 0.707. The minimum absolute atomic E-state index is 0.0754. The summed E-state index contributed by atoms with van der Waals surface area (Å²) in [5.41, 5.74) is 2.08. The fourth-order valence-corrected chi connectivity index (χ4v) is 7.47. The Kier molecular flexibility index (Phi) is 3.74. The van der Waals surface area contributed by atoms with Gasteiger partial charge in [-0.2, -0.15) is 0 Å². The molecule has 0 aromatic rings. The number of aliphatic hydroxyl groups is 2. The molecule has 0 aromatic heterocycles. The second kappa shape index (κ2) is 5.33. The molecule has 4 aliphatic carbocycles. The molecule has 2 heteroatoms. The van der Waals surface area contributed by atoms with Crippen LogP contribution in [-0.4, -0.2) is 22.4 Å². The van der Waals surface area contributed by atoms with Gasteiger partial charge in [0.05, 0.1) is 12.2 Å². The number of hydrogen-bond acceptors (Lipinski definition) is 2. The maximum atomic E-state index is 10.6. The van der Waals surface area contributed by atoms with Gasteiger partial charge in [-0.25, -0.2) is 0 Å². The van der Waals surface area contributed by atoms with E-state index in [0.717, 1.165) is 30.6 Å². The maximum absolute atomic E-state index is 10.6. The smallest absolute Gasteiger partial charge is 0.0724 e. The van der Waals surface area contributed by atoms with Crippen LogP contribution in [-0.2, 0) is 0 Å². The average molecular weight is 319 g/mol. The molecule has 0 saturated heterocycles. The molecule has 3 saturated carbocycles. The lowest BCUT2D eigenvalue weighted by Crippen LogP contribution is -2.54. The van der Waals surface area contributed by atoms with Crippen molar-refractivity contribution >= 4 is 0 Å². The molecule has 3 fully saturated rings. The molecule has 2 N–H and O–H groups in total. The second-order valence-electron chi connectivity index (χ2n) is 9.55. The lowest BCUT2D eigenvalue weighted by Gasteiger charge is -2.60. The van der Waals surface area contributed by atoms with Gasteiger partial charge in [0, 0.05) is 0 Å². The van der Waals surface area contributed by atoms with Crippen LogP contribution in [0.25, 0.3) is 0 Å². The van der Waals surface area contributed by atoms with Crippen molar-refractivity contribution in [1.82, 2.24) is 0 Å². The van der Waals surface area contributed by atoms with Crippen LogP contribution in [0.5, 0.6) is 0 Å². The Morgan fingerprint density at radius 2 is 1.78 bits per heavy atom. The summed E-state index contributed by atoms with van der Waals surface area (Å²) < 4.78 is 0. The van der Waals surface area contributed by atoms with E-state index < -0.39 is 0 Å². The molecule has 2 unspecified atom stereocenters. The highest BCUT2D eigenvalue weighted by atomic mass is 16.3. The van der Waals surface area contributed by atoms with Crippen molar-refractivity contribution in [2.75, 3.05) is 0 Å². The van der Waals surface area contributed by atoms with Gasteiger partial charge in [-0.05, 0) is 85.9 Å². The monoisotopic (exact) mass is 318 g/mol. The maximum Gasteiger partial charge on any atom is 0.0724 e. The second-order valence-corrected chi connectivity index (χ2v) is 9.55. The predicted octanol–water partition coefficient (Wildman–Crippen LogP) is 4.31. The van der Waals surface area contributed by atoms with Crippen molar-refractivity contribution in [3.8, 4) is 0 Å². The highest BCUT2D eigenvalue weighted by Gasteiger charge is 2.60. The summed E-state index contributed by atoms with van der Waals surface area (Å²) >= 11 is 0. The molecule has 4 aliphatic rings. The van der Waals surface area contributed by atoms with Crippen molar-refractivity contribution in [1.29, 1.82) is 0 Å². The molecule has 2 nitrogen and oxygen atoms in total. The Balaban J connectivity index is 1.73. The molecule has 0 bridgehead atoms. The third-order valence-corrected chi connectivity index (χ3v) is 8.67. The lowest BCUT2D eigenvalue weighted by molar-refractivity contribution is -0.0933. The highest BCUT2D eigenvalue weighted by molar-refractivity contribution is 5.27. The minimum Gasteiger partial charge on any atom is -0.393 e. The van der Waals surface area contributed by atoms with E-state index in [-0.39, 0.29) is 17.6 Å². The molecule has 7 atom stereocenters. The number of fused-ring (bicyclic) bond motifs is 5. The topological polar surface area (TPSA) is 40.5 Å². The zero-order valence-corrected chi connectivity index (χ0v) is 15.1. The van der Waals surface area contributed by atoms with Crippen LogP contribution in [0.4, 0.5) is 0 Å². The van der Waals surface area contributed by atoms with Crippen molar-refractivity contribution in [2.24, 2.45) is 34.5 Å². The summed E-state index contributed by atoms with van der Waals surface area (Å²) in [6.07, 6.45) is 11.2. The Morgan fingerprint density at radius 1 is 1.00 bits per heavy atom. The van der Waals surface area contributed by atoms with E-state index in [0.29, 0.717) is 11.3 Å². The van der Waals surface area contributed by atoms with E-state index in [2.05, 4.69) is 26.8 Å². The van der Waals surface area contributed by atoms with Crippen molar-refractivity contribution < 1.29 is 10.2 Å². The summed E-state index contributed by atoms with van der Waals surface area (Å²) in [6, 6.07) is 0. The lowest BCUT2D eigenvalue weighted by atomic mass is 9.44. The molecule has 4 rings (SSSR count). The first-order chi connectivity index (χ1) is 10.9. The molecule has 0 radical (unpaired) electrons. The van der Waals surface area contributed by atoms with Gasteiger partial charge in [0.2, 0.25) is 0 Å². The molecular formula is C21H34O2. The highest BCUT2D eigenvalue weighted by Crippen LogP contribution is 2.67. The summed E-state index contributed by atoms with van der Waals surface area (Å²) in [6.45, 7) is 7.18. The van der Waals surface area contributed by atoms with Gasteiger partial charge in [0.15, 0.2) is 0 Å². The summed E-state index contributed by atoms with van der Waals surface area (Å²) in [4.78, 5) is 0. The molecule has 0 spiro atoms. The zero-order chi connectivity index (χ0) is 16.4. The van der Waals surface area contributed by atoms with Gasteiger partial charge in [-0.15, -0.1) is 0 Å².